The molecule has 0 radical (unpaired) electrons. The Kier molecular flexibility index (Phi) is 6.42. The van der Waals surface area contributed by atoms with E-state index in [2.05, 4.69) is 0 Å². The summed E-state index contributed by atoms with van der Waals surface area (Å²) in [5, 5.41) is 20.1. The second kappa shape index (κ2) is 8.96. The lowest BCUT2D eigenvalue weighted by molar-refractivity contribution is -0.143. The lowest BCUT2D eigenvalue weighted by atomic mass is 10.1. The molecule has 2 atom stereocenters. The molecule has 0 spiro atoms. The predicted octanol–water partition coefficient (Wildman–Crippen LogP) is 4.45. The third-order valence-corrected chi connectivity index (χ3v) is 9.52. The Labute approximate surface area is 195 Å². The fourth-order valence-electron chi connectivity index (χ4n) is 4.04. The number of hydrogen-bond donors (Lipinski definition) is 2. The summed E-state index contributed by atoms with van der Waals surface area (Å²) in [6.45, 7) is -0.319. The molecule has 1 aromatic heterocycles. The molecule has 1 fully saturated rings. The van der Waals surface area contributed by atoms with E-state index in [1.54, 1.807) is 30.3 Å². The molecule has 9 heteroatoms. The van der Waals surface area contributed by atoms with Gasteiger partial charge < -0.3 is 10.2 Å². The number of carboxylic acid groups (broad SMARTS) is 1. The van der Waals surface area contributed by atoms with Crippen molar-refractivity contribution >= 4 is 38.9 Å². The van der Waals surface area contributed by atoms with Gasteiger partial charge in [0.05, 0.1) is 0 Å². The van der Waals surface area contributed by atoms with Crippen molar-refractivity contribution in [2.24, 2.45) is 0 Å². The summed E-state index contributed by atoms with van der Waals surface area (Å²) in [5.74, 6) is -1.63. The number of halogens is 1. The molecule has 6 nitrogen and oxygen atoms in total. The van der Waals surface area contributed by atoms with Crippen molar-refractivity contribution < 1.29 is 23.4 Å². The fourth-order valence-corrected chi connectivity index (χ4v) is 7.40. The summed E-state index contributed by atoms with van der Waals surface area (Å²) in [6.07, 6.45) is 0.331. The van der Waals surface area contributed by atoms with Crippen molar-refractivity contribution in [3.05, 3.63) is 77.3 Å². The first-order valence-electron chi connectivity index (χ1n) is 10.1. The molecule has 1 aliphatic carbocycles. The van der Waals surface area contributed by atoms with Crippen LogP contribution in [0.3, 0.4) is 0 Å². The minimum atomic E-state index is -4.12. The molecule has 168 valence electrons. The Hall–Kier alpha value is -2.23. The number of thiophene rings is 1. The molecule has 4 rings (SSSR count). The van der Waals surface area contributed by atoms with Crippen molar-refractivity contribution in [2.75, 3.05) is 13.2 Å². The number of carbonyl (C=O) groups is 1. The van der Waals surface area contributed by atoms with Crippen LogP contribution in [0.1, 0.15) is 24.3 Å². The first-order chi connectivity index (χ1) is 15.3. The van der Waals surface area contributed by atoms with Crippen LogP contribution >= 0.6 is 22.9 Å². The van der Waals surface area contributed by atoms with Crippen LogP contribution in [-0.2, 0) is 14.8 Å². The van der Waals surface area contributed by atoms with Gasteiger partial charge in [0, 0.05) is 29.0 Å². The average molecular weight is 492 g/mol. The Morgan fingerprint density at radius 1 is 1.09 bits per heavy atom. The van der Waals surface area contributed by atoms with Crippen LogP contribution in [0, 0.1) is 0 Å². The fraction of sp³-hybridized carbons (Fsp3) is 0.261. The van der Waals surface area contributed by atoms with Gasteiger partial charge in [-0.25, -0.2) is 8.42 Å². The summed E-state index contributed by atoms with van der Waals surface area (Å²) in [4.78, 5) is 13.2. The second-order valence-electron chi connectivity index (χ2n) is 7.68. The monoisotopic (exact) mass is 491 g/mol. The van der Waals surface area contributed by atoms with E-state index < -0.39 is 27.4 Å². The van der Waals surface area contributed by atoms with Gasteiger partial charge in [-0.2, -0.15) is 4.31 Å². The molecule has 0 unspecified atom stereocenters. The predicted molar refractivity (Wildman–Crippen MR) is 125 cm³/mol. The Balaban J connectivity index is 1.72. The highest BCUT2D eigenvalue weighted by molar-refractivity contribution is 7.91. The van der Waals surface area contributed by atoms with Gasteiger partial charge in [-0.15, -0.1) is 11.3 Å². The third kappa shape index (κ3) is 4.09. The van der Waals surface area contributed by atoms with Gasteiger partial charge in [-0.05, 0) is 48.2 Å². The summed E-state index contributed by atoms with van der Waals surface area (Å²) in [7, 11) is -4.12. The van der Waals surface area contributed by atoms with Crippen LogP contribution in [-0.4, -0.2) is 47.6 Å². The quantitative estimate of drug-likeness (QED) is 0.461. The van der Waals surface area contributed by atoms with Crippen LogP contribution in [0.15, 0.2) is 70.9 Å². The first kappa shape index (κ1) is 22.9. The lowest BCUT2D eigenvalue weighted by Crippen LogP contribution is -2.48. The van der Waals surface area contributed by atoms with Gasteiger partial charge in [0.2, 0.25) is 0 Å². The van der Waals surface area contributed by atoms with Gasteiger partial charge in [0.15, 0.2) is 0 Å². The van der Waals surface area contributed by atoms with Crippen molar-refractivity contribution in [1.29, 1.82) is 0 Å². The maximum atomic E-state index is 13.7. The lowest BCUT2D eigenvalue weighted by Gasteiger charge is -2.28. The van der Waals surface area contributed by atoms with E-state index in [1.807, 2.05) is 30.3 Å². The van der Waals surface area contributed by atoms with Crippen LogP contribution in [0.25, 0.3) is 10.4 Å². The standard InChI is InChI=1S/C23H22ClNO5S2/c24-18-9-7-17(8-10-18)20-11-12-21(31-20)32(29,30)25(13-4-14-26)23(22(27)28)15-19(23)16-5-2-1-3-6-16/h1-3,5-12,19,26H,4,13-15H2,(H,27,28)/t19-,23+/m0/s1. The summed E-state index contributed by atoms with van der Waals surface area (Å²) in [5.41, 5.74) is 0.0381. The zero-order chi connectivity index (χ0) is 22.9. The number of aliphatic hydroxyl groups is 1. The van der Waals surface area contributed by atoms with E-state index >= 15 is 0 Å². The molecule has 1 saturated carbocycles. The van der Waals surface area contributed by atoms with Crippen molar-refractivity contribution in [3.8, 4) is 10.4 Å². The number of carboxylic acids is 1. The van der Waals surface area contributed by atoms with Crippen molar-refractivity contribution in [2.45, 2.75) is 28.5 Å². The van der Waals surface area contributed by atoms with E-state index in [0.29, 0.717) is 5.02 Å². The van der Waals surface area contributed by atoms with Crippen LogP contribution in [0.2, 0.25) is 5.02 Å². The normalized spacial score (nSPS) is 20.4. The highest BCUT2D eigenvalue weighted by atomic mass is 35.5. The van der Waals surface area contributed by atoms with Crippen molar-refractivity contribution in [1.82, 2.24) is 4.31 Å². The van der Waals surface area contributed by atoms with Gasteiger partial charge >= 0.3 is 5.97 Å². The van der Waals surface area contributed by atoms with Crippen LogP contribution in [0.5, 0.6) is 0 Å². The molecular formula is C23H22ClNO5S2. The Morgan fingerprint density at radius 3 is 2.41 bits per heavy atom. The number of aliphatic hydroxyl groups excluding tert-OH is 1. The van der Waals surface area contributed by atoms with Crippen LogP contribution < -0.4 is 0 Å². The van der Waals surface area contributed by atoms with Gasteiger partial charge in [0.25, 0.3) is 10.0 Å². The largest absolute Gasteiger partial charge is 0.480 e. The summed E-state index contributed by atoms with van der Waals surface area (Å²) >= 11 is 7.03. The molecule has 32 heavy (non-hydrogen) atoms. The van der Waals surface area contributed by atoms with E-state index in [1.165, 1.54) is 6.07 Å². The zero-order valence-electron chi connectivity index (χ0n) is 17.0. The molecule has 1 aliphatic rings. The minimum Gasteiger partial charge on any atom is -0.480 e. The molecule has 0 amide bonds. The number of benzene rings is 2. The number of sulfonamides is 1. The van der Waals surface area contributed by atoms with Crippen LogP contribution in [0.4, 0.5) is 0 Å². The maximum absolute atomic E-state index is 13.7. The second-order valence-corrected chi connectivity index (χ2v) is 11.3. The average Bonchev–Trinajstić information content (AvgIpc) is 3.33. The van der Waals surface area contributed by atoms with E-state index in [9.17, 15) is 23.4 Å². The summed E-state index contributed by atoms with van der Waals surface area (Å²) in [6, 6.07) is 19.4. The number of nitrogens with zero attached hydrogens (tertiary/aromatic N) is 1. The molecule has 1 heterocycles. The molecular weight excluding hydrogens is 470 g/mol. The summed E-state index contributed by atoms with van der Waals surface area (Å²) < 4.78 is 28.5. The van der Waals surface area contributed by atoms with Gasteiger partial charge in [-0.1, -0.05) is 54.1 Å². The highest BCUT2D eigenvalue weighted by Crippen LogP contribution is 2.57. The van der Waals surface area contributed by atoms with E-state index in [0.717, 1.165) is 31.6 Å². The zero-order valence-corrected chi connectivity index (χ0v) is 19.4. The highest BCUT2D eigenvalue weighted by Gasteiger charge is 2.67. The van der Waals surface area contributed by atoms with Crippen molar-refractivity contribution in [3.63, 3.8) is 0 Å². The topological polar surface area (TPSA) is 94.9 Å². The first-order valence-corrected chi connectivity index (χ1v) is 12.7. The number of rotatable bonds is 9. The van der Waals surface area contributed by atoms with Gasteiger partial charge in [0.1, 0.15) is 9.75 Å². The SMILES string of the molecule is O=C(O)[C@@]1(N(CCCO)S(=O)(=O)c2ccc(-c3ccc(Cl)cc3)s2)C[C@H]1c1ccccc1. The molecule has 2 aromatic carbocycles. The smallest absolute Gasteiger partial charge is 0.325 e. The van der Waals surface area contributed by atoms with Gasteiger partial charge in [-0.3, -0.25) is 4.79 Å². The maximum Gasteiger partial charge on any atom is 0.325 e. The number of aliphatic carboxylic acids is 1. The Bertz CT molecular complexity index is 1210. The molecule has 0 aliphatic heterocycles. The number of hydrogen-bond acceptors (Lipinski definition) is 5. The van der Waals surface area contributed by atoms with E-state index in [-0.39, 0.29) is 30.2 Å². The molecule has 3 aromatic rings. The molecule has 0 saturated heterocycles. The molecule has 2 N–H and O–H groups in total. The molecule has 0 bridgehead atoms. The third-order valence-electron chi connectivity index (χ3n) is 5.72. The minimum absolute atomic E-state index is 0.0692. The van der Waals surface area contributed by atoms with E-state index in [4.69, 9.17) is 11.6 Å². The Morgan fingerprint density at radius 2 is 1.78 bits per heavy atom.